The second-order valence-electron chi connectivity index (χ2n) is 6.30. The van der Waals surface area contributed by atoms with Crippen LogP contribution >= 0.6 is 0 Å². The van der Waals surface area contributed by atoms with Gasteiger partial charge >= 0.3 is 0 Å². The van der Waals surface area contributed by atoms with Gasteiger partial charge in [-0.25, -0.2) is 0 Å². The Kier molecular flexibility index (Phi) is 5.67. The quantitative estimate of drug-likeness (QED) is 0.817. The van der Waals surface area contributed by atoms with Crippen molar-refractivity contribution in [2.24, 2.45) is 0 Å². The maximum Gasteiger partial charge on any atom is 0.0594 e. The molecule has 3 rings (SSSR count). The van der Waals surface area contributed by atoms with E-state index >= 15 is 0 Å². The van der Waals surface area contributed by atoms with Gasteiger partial charge in [0.15, 0.2) is 0 Å². The van der Waals surface area contributed by atoms with Crippen molar-refractivity contribution in [2.75, 3.05) is 19.7 Å². The maximum absolute atomic E-state index is 6.02. The van der Waals surface area contributed by atoms with Crippen LogP contribution in [0.2, 0.25) is 0 Å². The van der Waals surface area contributed by atoms with Crippen LogP contribution in [0.4, 0.5) is 0 Å². The average Bonchev–Trinajstić information content (AvgIpc) is 2.75. The van der Waals surface area contributed by atoms with E-state index in [1.54, 1.807) is 0 Å². The van der Waals surface area contributed by atoms with Crippen LogP contribution in [-0.4, -0.2) is 25.8 Å². The lowest BCUT2D eigenvalue weighted by molar-refractivity contribution is 0.0293. The third-order valence-electron chi connectivity index (χ3n) is 4.75. The van der Waals surface area contributed by atoms with E-state index in [9.17, 15) is 0 Å². The number of ether oxygens (including phenoxy) is 1. The van der Waals surface area contributed by atoms with Gasteiger partial charge in [0.05, 0.1) is 12.7 Å². The summed E-state index contributed by atoms with van der Waals surface area (Å²) in [6.45, 7) is 3.87. The predicted octanol–water partition coefficient (Wildman–Crippen LogP) is 3.16. The summed E-state index contributed by atoms with van der Waals surface area (Å²) in [5.41, 5.74) is 2.89. The standard InChI is InChI=1S/C18H28N2O/c1-2-7-16(8-3-1)21-13-12-20-18-10-11-19-14-15-6-4-5-9-17(15)18/h4-6,9,16,18-20H,1-3,7-8,10-14H2. The van der Waals surface area contributed by atoms with Crippen LogP contribution in [0.1, 0.15) is 55.7 Å². The second kappa shape index (κ2) is 7.92. The van der Waals surface area contributed by atoms with Gasteiger partial charge in [-0.1, -0.05) is 43.5 Å². The molecule has 1 unspecified atom stereocenters. The van der Waals surface area contributed by atoms with Crippen molar-refractivity contribution >= 4 is 0 Å². The smallest absolute Gasteiger partial charge is 0.0594 e. The number of hydrogen-bond donors (Lipinski definition) is 2. The third kappa shape index (κ3) is 4.29. The van der Waals surface area contributed by atoms with E-state index in [-0.39, 0.29) is 0 Å². The number of fused-ring (bicyclic) bond motifs is 1. The highest BCUT2D eigenvalue weighted by molar-refractivity contribution is 5.30. The first-order chi connectivity index (χ1) is 10.4. The molecule has 1 saturated carbocycles. The molecule has 0 amide bonds. The highest BCUT2D eigenvalue weighted by Gasteiger charge is 2.18. The summed E-state index contributed by atoms with van der Waals surface area (Å²) in [7, 11) is 0. The molecule has 1 fully saturated rings. The van der Waals surface area contributed by atoms with E-state index in [1.165, 1.54) is 43.2 Å². The first kappa shape index (κ1) is 15.0. The van der Waals surface area contributed by atoms with Crippen LogP contribution < -0.4 is 10.6 Å². The van der Waals surface area contributed by atoms with E-state index in [0.717, 1.165) is 32.7 Å². The Balaban J connectivity index is 1.46. The molecule has 1 aliphatic heterocycles. The number of benzene rings is 1. The Bertz CT molecular complexity index is 429. The van der Waals surface area contributed by atoms with Gasteiger partial charge in [-0.2, -0.15) is 0 Å². The highest BCUT2D eigenvalue weighted by atomic mass is 16.5. The topological polar surface area (TPSA) is 33.3 Å². The number of hydrogen-bond acceptors (Lipinski definition) is 3. The van der Waals surface area contributed by atoms with Crippen LogP contribution in [-0.2, 0) is 11.3 Å². The van der Waals surface area contributed by atoms with Gasteiger partial charge in [0.1, 0.15) is 0 Å². The second-order valence-corrected chi connectivity index (χ2v) is 6.30. The van der Waals surface area contributed by atoms with Crippen LogP contribution in [0.5, 0.6) is 0 Å². The van der Waals surface area contributed by atoms with Gasteiger partial charge in [0.25, 0.3) is 0 Å². The lowest BCUT2D eigenvalue weighted by Gasteiger charge is -2.23. The molecule has 0 radical (unpaired) electrons. The minimum absolute atomic E-state index is 0.464. The van der Waals surface area contributed by atoms with Crippen molar-refractivity contribution in [2.45, 2.75) is 57.2 Å². The fourth-order valence-electron chi connectivity index (χ4n) is 3.56. The molecule has 2 N–H and O–H groups in total. The van der Waals surface area contributed by atoms with Crippen molar-refractivity contribution in [1.29, 1.82) is 0 Å². The first-order valence-electron chi connectivity index (χ1n) is 8.57. The van der Waals surface area contributed by atoms with Gasteiger partial charge in [-0.05, 0) is 36.9 Å². The molecule has 0 bridgehead atoms. The molecule has 1 atom stereocenters. The zero-order valence-corrected chi connectivity index (χ0v) is 12.9. The molecule has 3 heteroatoms. The Hall–Kier alpha value is -0.900. The van der Waals surface area contributed by atoms with E-state index in [2.05, 4.69) is 34.9 Å². The zero-order chi connectivity index (χ0) is 14.3. The molecule has 1 aromatic rings. The number of nitrogens with one attached hydrogen (secondary N) is 2. The average molecular weight is 288 g/mol. The Labute approximate surface area is 128 Å². The van der Waals surface area contributed by atoms with E-state index in [4.69, 9.17) is 4.74 Å². The highest BCUT2D eigenvalue weighted by Crippen LogP contribution is 2.23. The fraction of sp³-hybridized carbons (Fsp3) is 0.667. The Morgan fingerprint density at radius 3 is 2.86 bits per heavy atom. The molecule has 116 valence electrons. The van der Waals surface area contributed by atoms with Crippen LogP contribution in [0.15, 0.2) is 24.3 Å². The van der Waals surface area contributed by atoms with Crippen molar-refractivity contribution in [3.8, 4) is 0 Å². The molecule has 21 heavy (non-hydrogen) atoms. The molecule has 3 nitrogen and oxygen atoms in total. The molecule has 1 aromatic carbocycles. The van der Waals surface area contributed by atoms with Crippen molar-refractivity contribution in [3.05, 3.63) is 35.4 Å². The Morgan fingerprint density at radius 2 is 1.95 bits per heavy atom. The summed E-state index contributed by atoms with van der Waals surface area (Å²) < 4.78 is 6.02. The molecule has 0 saturated heterocycles. The summed E-state index contributed by atoms with van der Waals surface area (Å²) >= 11 is 0. The summed E-state index contributed by atoms with van der Waals surface area (Å²) in [6.07, 6.45) is 8.28. The molecule has 1 heterocycles. The lowest BCUT2D eigenvalue weighted by atomic mass is 9.98. The fourth-order valence-corrected chi connectivity index (χ4v) is 3.56. The van der Waals surface area contributed by atoms with E-state index < -0.39 is 0 Å². The molecular weight excluding hydrogens is 260 g/mol. The minimum Gasteiger partial charge on any atom is -0.377 e. The molecule has 0 spiro atoms. The van der Waals surface area contributed by atoms with Crippen molar-refractivity contribution < 1.29 is 4.74 Å². The third-order valence-corrected chi connectivity index (χ3v) is 4.75. The molecule has 0 aromatic heterocycles. The summed E-state index contributed by atoms with van der Waals surface area (Å²) in [4.78, 5) is 0. The molecular formula is C18H28N2O. The van der Waals surface area contributed by atoms with Gasteiger partial charge < -0.3 is 15.4 Å². The molecule has 1 aliphatic carbocycles. The molecule has 2 aliphatic rings. The van der Waals surface area contributed by atoms with Gasteiger partial charge in [-0.15, -0.1) is 0 Å². The zero-order valence-electron chi connectivity index (χ0n) is 12.9. The SMILES string of the molecule is c1ccc2c(c1)CNCCC2NCCOC1CCCCC1. The largest absolute Gasteiger partial charge is 0.377 e. The van der Waals surface area contributed by atoms with Crippen LogP contribution in [0, 0.1) is 0 Å². The van der Waals surface area contributed by atoms with Gasteiger partial charge in [0, 0.05) is 19.1 Å². The van der Waals surface area contributed by atoms with Gasteiger partial charge in [0.2, 0.25) is 0 Å². The lowest BCUT2D eigenvalue weighted by Crippen LogP contribution is -2.28. The summed E-state index contributed by atoms with van der Waals surface area (Å²) in [5.74, 6) is 0. The summed E-state index contributed by atoms with van der Waals surface area (Å²) in [6, 6.07) is 9.25. The summed E-state index contributed by atoms with van der Waals surface area (Å²) in [5, 5.41) is 7.20. The maximum atomic E-state index is 6.02. The number of rotatable bonds is 5. The first-order valence-corrected chi connectivity index (χ1v) is 8.57. The van der Waals surface area contributed by atoms with E-state index in [0.29, 0.717) is 12.1 Å². The van der Waals surface area contributed by atoms with Crippen molar-refractivity contribution in [1.82, 2.24) is 10.6 Å². The van der Waals surface area contributed by atoms with Crippen molar-refractivity contribution in [3.63, 3.8) is 0 Å². The normalized spacial score (nSPS) is 23.5. The van der Waals surface area contributed by atoms with Gasteiger partial charge in [-0.3, -0.25) is 0 Å². The Morgan fingerprint density at radius 1 is 1.10 bits per heavy atom. The van der Waals surface area contributed by atoms with Crippen LogP contribution in [0.25, 0.3) is 0 Å². The van der Waals surface area contributed by atoms with E-state index in [1.807, 2.05) is 0 Å². The predicted molar refractivity (Wildman–Crippen MR) is 86.3 cm³/mol. The minimum atomic E-state index is 0.464. The monoisotopic (exact) mass is 288 g/mol. The van der Waals surface area contributed by atoms with Crippen LogP contribution in [0.3, 0.4) is 0 Å².